The third-order valence-electron chi connectivity index (χ3n) is 3.98. The van der Waals surface area contributed by atoms with Crippen LogP contribution in [-0.2, 0) is 14.3 Å². The lowest BCUT2D eigenvalue weighted by molar-refractivity contribution is -0.141. The van der Waals surface area contributed by atoms with Gasteiger partial charge in [-0.1, -0.05) is 0 Å². The molecule has 25 heavy (non-hydrogen) atoms. The number of amides is 1. The van der Waals surface area contributed by atoms with Crippen molar-refractivity contribution in [3.05, 3.63) is 24.3 Å². The topological polar surface area (TPSA) is 111 Å². The number of nitrogens with zero attached hydrogens (tertiary/aromatic N) is 1. The van der Waals surface area contributed by atoms with Crippen LogP contribution < -0.4 is 10.6 Å². The summed E-state index contributed by atoms with van der Waals surface area (Å²) in [4.78, 5) is 25.6. The van der Waals surface area contributed by atoms with Gasteiger partial charge in [0.15, 0.2) is 0 Å². The van der Waals surface area contributed by atoms with Crippen LogP contribution in [0.1, 0.15) is 12.8 Å². The Hall–Kier alpha value is -2.16. The van der Waals surface area contributed by atoms with E-state index in [-0.39, 0.29) is 12.2 Å². The number of aromatic hydroxyl groups is 1. The van der Waals surface area contributed by atoms with Crippen molar-refractivity contribution in [1.29, 1.82) is 0 Å². The van der Waals surface area contributed by atoms with Crippen LogP contribution >= 0.6 is 0 Å². The number of rotatable bonds is 9. The maximum Gasteiger partial charge on any atom is 0.321 e. The summed E-state index contributed by atoms with van der Waals surface area (Å²) in [5.41, 5.74) is 0.513. The monoisotopic (exact) mass is 351 g/mol. The van der Waals surface area contributed by atoms with Crippen molar-refractivity contribution in [2.24, 2.45) is 0 Å². The number of morpholine rings is 1. The molecule has 1 fully saturated rings. The minimum Gasteiger partial charge on any atom is -0.508 e. The minimum atomic E-state index is -1.05. The normalized spacial score (nSPS) is 16.3. The fraction of sp³-hybridized carbons (Fsp3) is 0.529. The summed E-state index contributed by atoms with van der Waals surface area (Å²) in [6, 6.07) is 5.08. The SMILES string of the molecule is O=C(C[C@H](NCCCN1CCOCC1)C(=O)O)Nc1ccc(O)cc1. The molecule has 4 N–H and O–H groups in total. The van der Waals surface area contributed by atoms with E-state index in [1.807, 2.05) is 0 Å². The van der Waals surface area contributed by atoms with Crippen LogP contribution in [0.4, 0.5) is 5.69 Å². The van der Waals surface area contributed by atoms with Crippen molar-refractivity contribution in [3.63, 3.8) is 0 Å². The van der Waals surface area contributed by atoms with Crippen LogP contribution in [0.2, 0.25) is 0 Å². The van der Waals surface area contributed by atoms with Gasteiger partial charge < -0.3 is 25.6 Å². The Kier molecular flexibility index (Phi) is 7.65. The van der Waals surface area contributed by atoms with Gasteiger partial charge in [-0.25, -0.2) is 0 Å². The molecule has 0 aromatic heterocycles. The predicted octanol–water partition coefficient (Wildman–Crippen LogP) is 0.486. The fourth-order valence-electron chi connectivity index (χ4n) is 2.59. The molecular weight excluding hydrogens is 326 g/mol. The van der Waals surface area contributed by atoms with Crippen LogP contribution in [-0.4, -0.2) is 72.4 Å². The number of ether oxygens (including phenoxy) is 1. The van der Waals surface area contributed by atoms with Crippen molar-refractivity contribution in [1.82, 2.24) is 10.2 Å². The molecule has 0 saturated carbocycles. The summed E-state index contributed by atoms with van der Waals surface area (Å²) >= 11 is 0. The highest BCUT2D eigenvalue weighted by atomic mass is 16.5. The maximum atomic E-state index is 12.0. The van der Waals surface area contributed by atoms with Gasteiger partial charge in [-0.2, -0.15) is 0 Å². The summed E-state index contributed by atoms with van der Waals surface area (Å²) < 4.78 is 5.28. The summed E-state index contributed by atoms with van der Waals surface area (Å²) in [5.74, 6) is -1.34. The van der Waals surface area contributed by atoms with Gasteiger partial charge in [-0.3, -0.25) is 14.5 Å². The molecule has 0 aliphatic carbocycles. The number of hydrogen-bond donors (Lipinski definition) is 4. The Morgan fingerprint density at radius 3 is 2.52 bits per heavy atom. The molecule has 1 heterocycles. The van der Waals surface area contributed by atoms with Gasteiger partial charge in [0.2, 0.25) is 5.91 Å². The molecule has 1 aliphatic rings. The molecule has 138 valence electrons. The maximum absolute atomic E-state index is 12.0. The number of carboxylic acid groups (broad SMARTS) is 1. The molecular formula is C17H25N3O5. The first kappa shape index (κ1) is 19.2. The molecule has 1 aromatic carbocycles. The summed E-state index contributed by atoms with van der Waals surface area (Å²) in [6.45, 7) is 4.68. The van der Waals surface area contributed by atoms with Crippen molar-refractivity contribution >= 4 is 17.6 Å². The Morgan fingerprint density at radius 2 is 1.88 bits per heavy atom. The smallest absolute Gasteiger partial charge is 0.321 e. The summed E-state index contributed by atoms with van der Waals surface area (Å²) in [7, 11) is 0. The molecule has 1 saturated heterocycles. The van der Waals surface area contributed by atoms with E-state index in [4.69, 9.17) is 4.74 Å². The fourth-order valence-corrected chi connectivity index (χ4v) is 2.59. The lowest BCUT2D eigenvalue weighted by atomic mass is 10.2. The number of hydrogen-bond acceptors (Lipinski definition) is 6. The number of carboxylic acids is 1. The first-order valence-electron chi connectivity index (χ1n) is 8.40. The quantitative estimate of drug-likeness (QED) is 0.378. The molecule has 1 aromatic rings. The zero-order valence-corrected chi connectivity index (χ0v) is 14.1. The zero-order chi connectivity index (χ0) is 18.1. The number of aliphatic carboxylic acids is 1. The van der Waals surface area contributed by atoms with E-state index in [1.54, 1.807) is 12.1 Å². The van der Waals surface area contributed by atoms with Crippen LogP contribution in [0, 0.1) is 0 Å². The third-order valence-corrected chi connectivity index (χ3v) is 3.98. The minimum absolute atomic E-state index is 0.100. The number of phenols is 1. The Balaban J connectivity index is 1.70. The van der Waals surface area contributed by atoms with Crippen molar-refractivity contribution < 1.29 is 24.5 Å². The average Bonchev–Trinajstić information content (AvgIpc) is 2.60. The number of carbonyl (C=O) groups excluding carboxylic acids is 1. The van der Waals surface area contributed by atoms with Gasteiger partial charge in [0.05, 0.1) is 19.6 Å². The average molecular weight is 351 g/mol. The van der Waals surface area contributed by atoms with Gasteiger partial charge in [0, 0.05) is 18.8 Å². The van der Waals surface area contributed by atoms with E-state index in [9.17, 15) is 19.8 Å². The van der Waals surface area contributed by atoms with Gasteiger partial charge >= 0.3 is 5.97 Å². The molecule has 2 rings (SSSR count). The van der Waals surface area contributed by atoms with E-state index < -0.39 is 17.9 Å². The first-order chi connectivity index (χ1) is 12.0. The number of phenolic OH excluding ortho intramolecular Hbond substituents is 1. The third kappa shape index (κ3) is 7.08. The molecule has 1 aliphatic heterocycles. The zero-order valence-electron chi connectivity index (χ0n) is 14.1. The number of nitrogens with one attached hydrogen (secondary N) is 2. The van der Waals surface area contributed by atoms with Gasteiger partial charge in [0.25, 0.3) is 0 Å². The van der Waals surface area contributed by atoms with Gasteiger partial charge in [0.1, 0.15) is 11.8 Å². The molecule has 1 amide bonds. The second-order valence-electron chi connectivity index (χ2n) is 5.95. The Morgan fingerprint density at radius 1 is 1.20 bits per heavy atom. The van der Waals surface area contributed by atoms with E-state index in [1.165, 1.54) is 12.1 Å². The van der Waals surface area contributed by atoms with Crippen molar-refractivity contribution in [3.8, 4) is 5.75 Å². The molecule has 8 nitrogen and oxygen atoms in total. The van der Waals surface area contributed by atoms with Gasteiger partial charge in [-0.05, 0) is 43.8 Å². The molecule has 8 heteroatoms. The molecule has 0 radical (unpaired) electrons. The highest BCUT2D eigenvalue weighted by molar-refractivity contribution is 5.94. The summed E-state index contributed by atoms with van der Waals surface area (Å²) in [6.07, 6.45) is 0.650. The predicted molar refractivity (Wildman–Crippen MR) is 92.7 cm³/mol. The highest BCUT2D eigenvalue weighted by Gasteiger charge is 2.20. The van der Waals surface area contributed by atoms with Crippen LogP contribution in [0.25, 0.3) is 0 Å². The molecule has 1 atom stereocenters. The first-order valence-corrected chi connectivity index (χ1v) is 8.40. The van der Waals surface area contributed by atoms with E-state index in [0.29, 0.717) is 12.2 Å². The van der Waals surface area contributed by atoms with Crippen LogP contribution in [0.5, 0.6) is 5.75 Å². The lowest BCUT2D eigenvalue weighted by Gasteiger charge is -2.26. The Labute approximate surface area is 146 Å². The van der Waals surface area contributed by atoms with Crippen molar-refractivity contribution in [2.45, 2.75) is 18.9 Å². The molecule has 0 spiro atoms. The van der Waals surface area contributed by atoms with Gasteiger partial charge in [-0.15, -0.1) is 0 Å². The van der Waals surface area contributed by atoms with Crippen LogP contribution in [0.15, 0.2) is 24.3 Å². The van der Waals surface area contributed by atoms with E-state index in [2.05, 4.69) is 15.5 Å². The second kappa shape index (κ2) is 9.97. The lowest BCUT2D eigenvalue weighted by Crippen LogP contribution is -2.42. The van der Waals surface area contributed by atoms with E-state index >= 15 is 0 Å². The summed E-state index contributed by atoms with van der Waals surface area (Å²) in [5, 5.41) is 24.0. The Bertz CT molecular complexity index is 558. The number of anilines is 1. The van der Waals surface area contributed by atoms with E-state index in [0.717, 1.165) is 39.3 Å². The number of benzene rings is 1. The second-order valence-corrected chi connectivity index (χ2v) is 5.95. The molecule has 0 bridgehead atoms. The number of carbonyl (C=O) groups is 2. The van der Waals surface area contributed by atoms with Crippen molar-refractivity contribution in [2.75, 3.05) is 44.7 Å². The molecule has 0 unspecified atom stereocenters. The standard InChI is InChI=1S/C17H25N3O5/c21-14-4-2-13(3-5-14)19-16(22)12-15(17(23)24)18-6-1-7-20-8-10-25-11-9-20/h2-5,15,18,21H,1,6-12H2,(H,19,22)(H,23,24)/t15-/m0/s1. The van der Waals surface area contributed by atoms with Crippen LogP contribution in [0.3, 0.4) is 0 Å². The highest BCUT2D eigenvalue weighted by Crippen LogP contribution is 2.14. The largest absolute Gasteiger partial charge is 0.508 e.